The van der Waals surface area contributed by atoms with Crippen LogP contribution in [0.5, 0.6) is 5.75 Å². The third kappa shape index (κ3) is 5.19. The van der Waals surface area contributed by atoms with Crippen molar-refractivity contribution in [3.63, 3.8) is 0 Å². The number of halogens is 1. The van der Waals surface area contributed by atoms with Crippen LogP contribution in [-0.4, -0.2) is 40.7 Å². The number of H-pyrrole nitrogens is 1. The lowest BCUT2D eigenvalue weighted by Crippen LogP contribution is -2.46. The van der Waals surface area contributed by atoms with Crippen LogP contribution >= 0.6 is 0 Å². The molecule has 5 N–H and O–H groups in total. The Hall–Kier alpha value is -3.98. The molecule has 2 aromatic carbocycles. The summed E-state index contributed by atoms with van der Waals surface area (Å²) >= 11 is 0. The zero-order chi connectivity index (χ0) is 26.5. The Morgan fingerprint density at radius 1 is 1.26 bits per heavy atom. The number of benzene rings is 2. The van der Waals surface area contributed by atoms with Gasteiger partial charge in [-0.05, 0) is 62.8 Å². The number of hydrogen-bond donors (Lipinski definition) is 4. The van der Waals surface area contributed by atoms with E-state index in [0.29, 0.717) is 18.0 Å². The van der Waals surface area contributed by atoms with Crippen molar-refractivity contribution >= 4 is 17.0 Å². The minimum atomic E-state index is -0.475. The fraction of sp³-hybridized carbons (Fsp3) is 0.345. The molecule has 38 heavy (non-hydrogen) atoms. The van der Waals surface area contributed by atoms with Crippen molar-refractivity contribution < 1.29 is 13.9 Å². The number of hydrogen-bond acceptors (Lipinski definition) is 7. The smallest absolute Gasteiger partial charge is 0.180 e. The zero-order valence-electron chi connectivity index (χ0n) is 21.5. The molecule has 0 radical (unpaired) electrons. The maximum atomic E-state index is 14.1. The molecule has 0 amide bonds. The standard InChI is InChI=1S/C29H33FN6O2/c1-2-5-19(10-13-31)27-33-28(36-35-27)29(11-14-32-15-12-29)34-22-7-3-6-20(16-22)25(37)17-21-18-38-26-23(21)8-4-9-24(26)30/h3-10,13,16,21,32,34H,2,11-12,14-15,17-18,31H2,1H3,(H,33,35,36)/b13-10-,19-5+/t21-/m0/s1. The number of aromatic amines is 1. The Morgan fingerprint density at radius 3 is 2.87 bits per heavy atom. The van der Waals surface area contributed by atoms with Gasteiger partial charge in [0.25, 0.3) is 0 Å². The normalized spacial score (nSPS) is 18.8. The molecule has 5 rings (SSSR count). The SMILES string of the molecule is CC/C=C(\C=C/N)c1n[nH]c(C2(Nc3cccc(C(=O)C[C@H]4COc5c(F)cccc54)c3)CCNCC2)n1. The number of ether oxygens (including phenoxy) is 1. The van der Waals surface area contributed by atoms with E-state index in [-0.39, 0.29) is 29.7 Å². The molecule has 198 valence electrons. The molecule has 3 aromatic rings. The predicted molar refractivity (Wildman–Crippen MR) is 145 cm³/mol. The van der Waals surface area contributed by atoms with Crippen LogP contribution in [0, 0.1) is 5.82 Å². The first-order valence-corrected chi connectivity index (χ1v) is 13.1. The minimum absolute atomic E-state index is 0.0106. The highest BCUT2D eigenvalue weighted by Crippen LogP contribution is 2.39. The molecule has 8 nitrogen and oxygen atoms in total. The van der Waals surface area contributed by atoms with E-state index in [4.69, 9.17) is 15.5 Å². The van der Waals surface area contributed by atoms with E-state index < -0.39 is 5.54 Å². The first-order valence-electron chi connectivity index (χ1n) is 13.1. The van der Waals surface area contributed by atoms with Crippen LogP contribution in [0.1, 0.15) is 66.1 Å². The summed E-state index contributed by atoms with van der Waals surface area (Å²) in [5.41, 5.74) is 8.21. The Kier molecular flexibility index (Phi) is 7.55. The zero-order valence-corrected chi connectivity index (χ0v) is 21.5. The van der Waals surface area contributed by atoms with Gasteiger partial charge in [-0.3, -0.25) is 9.89 Å². The van der Waals surface area contributed by atoms with Crippen molar-refractivity contribution in [1.29, 1.82) is 0 Å². The fourth-order valence-electron chi connectivity index (χ4n) is 5.27. The van der Waals surface area contributed by atoms with Gasteiger partial charge in [0, 0.05) is 34.7 Å². The van der Waals surface area contributed by atoms with Crippen LogP contribution in [0.4, 0.5) is 10.1 Å². The third-order valence-corrected chi connectivity index (χ3v) is 7.22. The van der Waals surface area contributed by atoms with E-state index in [1.165, 1.54) is 12.3 Å². The van der Waals surface area contributed by atoms with Gasteiger partial charge in [-0.2, -0.15) is 5.10 Å². The Morgan fingerprint density at radius 2 is 2.08 bits per heavy atom. The van der Waals surface area contributed by atoms with Crippen molar-refractivity contribution in [2.45, 2.75) is 44.1 Å². The molecule has 0 saturated carbocycles. The number of fused-ring (bicyclic) bond motifs is 1. The number of carbonyl (C=O) groups excluding carboxylic acids is 1. The van der Waals surface area contributed by atoms with Gasteiger partial charge in [0.15, 0.2) is 29.0 Å². The van der Waals surface area contributed by atoms with Gasteiger partial charge in [-0.1, -0.05) is 37.3 Å². The number of nitrogens with one attached hydrogen (secondary N) is 3. The van der Waals surface area contributed by atoms with Crippen LogP contribution in [-0.2, 0) is 5.54 Å². The van der Waals surface area contributed by atoms with Crippen LogP contribution in [0.2, 0.25) is 0 Å². The van der Waals surface area contributed by atoms with Gasteiger partial charge in [0.1, 0.15) is 0 Å². The number of rotatable bonds is 9. The maximum absolute atomic E-state index is 14.1. The minimum Gasteiger partial charge on any atom is -0.490 e. The summed E-state index contributed by atoms with van der Waals surface area (Å²) in [4.78, 5) is 18.1. The molecule has 1 aromatic heterocycles. The Bertz CT molecular complexity index is 1360. The number of anilines is 1. The molecule has 1 fully saturated rings. The lowest BCUT2D eigenvalue weighted by atomic mass is 9.86. The number of aromatic nitrogens is 3. The summed E-state index contributed by atoms with van der Waals surface area (Å²) in [6.07, 6.45) is 8.01. The molecule has 2 aliphatic rings. The average Bonchev–Trinajstić information content (AvgIpc) is 3.58. The number of para-hydroxylation sites is 1. The summed E-state index contributed by atoms with van der Waals surface area (Å²) in [5, 5.41) is 14.7. The second-order valence-electron chi connectivity index (χ2n) is 9.77. The van der Waals surface area contributed by atoms with Gasteiger partial charge in [0.05, 0.1) is 12.1 Å². The largest absolute Gasteiger partial charge is 0.490 e. The highest BCUT2D eigenvalue weighted by Gasteiger charge is 2.37. The van der Waals surface area contributed by atoms with Crippen LogP contribution in [0.25, 0.3) is 5.57 Å². The Balaban J connectivity index is 1.37. The highest BCUT2D eigenvalue weighted by molar-refractivity contribution is 5.97. The highest BCUT2D eigenvalue weighted by atomic mass is 19.1. The van der Waals surface area contributed by atoms with E-state index >= 15 is 0 Å². The quantitative estimate of drug-likeness (QED) is 0.242. The van der Waals surface area contributed by atoms with Crippen molar-refractivity contribution in [1.82, 2.24) is 20.5 Å². The molecule has 1 saturated heterocycles. The van der Waals surface area contributed by atoms with Gasteiger partial charge in [-0.15, -0.1) is 0 Å². The molecule has 9 heteroatoms. The van der Waals surface area contributed by atoms with Crippen LogP contribution in [0.15, 0.2) is 60.8 Å². The molecule has 0 aliphatic carbocycles. The molecule has 0 bridgehead atoms. The lowest BCUT2D eigenvalue weighted by molar-refractivity contribution is 0.0969. The Labute approximate surface area is 221 Å². The van der Waals surface area contributed by atoms with Crippen molar-refractivity contribution in [3.8, 4) is 5.75 Å². The van der Waals surface area contributed by atoms with Crippen LogP contribution < -0.4 is 21.1 Å². The summed E-state index contributed by atoms with van der Waals surface area (Å²) < 4.78 is 19.6. The summed E-state index contributed by atoms with van der Waals surface area (Å²) in [6, 6.07) is 12.4. The second kappa shape index (κ2) is 11.2. The number of Topliss-reactive ketones (excluding diaryl/α,β-unsaturated/α-hetero) is 1. The molecular formula is C29H33FN6O2. The first-order chi connectivity index (χ1) is 18.5. The summed E-state index contributed by atoms with van der Waals surface area (Å²) in [6.45, 7) is 4.00. The number of nitrogens with two attached hydrogens (primary N) is 1. The predicted octanol–water partition coefficient (Wildman–Crippen LogP) is 4.65. The third-order valence-electron chi connectivity index (χ3n) is 7.22. The fourth-order valence-corrected chi connectivity index (χ4v) is 5.27. The van der Waals surface area contributed by atoms with E-state index in [2.05, 4.69) is 27.8 Å². The van der Waals surface area contributed by atoms with E-state index in [0.717, 1.165) is 55.0 Å². The number of ketones is 1. The lowest BCUT2D eigenvalue weighted by Gasteiger charge is -2.37. The van der Waals surface area contributed by atoms with Crippen molar-refractivity contribution in [3.05, 3.63) is 89.4 Å². The molecule has 1 atom stereocenters. The molecular weight excluding hydrogens is 483 g/mol. The van der Waals surface area contributed by atoms with E-state index in [1.54, 1.807) is 12.1 Å². The van der Waals surface area contributed by atoms with Gasteiger partial charge in [0.2, 0.25) is 0 Å². The van der Waals surface area contributed by atoms with Crippen molar-refractivity contribution in [2.75, 3.05) is 25.0 Å². The van der Waals surface area contributed by atoms with Gasteiger partial charge < -0.3 is 21.1 Å². The number of carbonyl (C=O) groups is 1. The molecule has 2 aliphatic heterocycles. The number of piperidine rings is 1. The van der Waals surface area contributed by atoms with Crippen molar-refractivity contribution in [2.24, 2.45) is 5.73 Å². The van der Waals surface area contributed by atoms with Crippen LogP contribution in [0.3, 0.4) is 0 Å². The molecule has 0 spiro atoms. The van der Waals surface area contributed by atoms with Gasteiger partial charge in [-0.25, -0.2) is 9.37 Å². The van der Waals surface area contributed by atoms with Gasteiger partial charge >= 0.3 is 0 Å². The molecule has 3 heterocycles. The average molecular weight is 517 g/mol. The second-order valence-corrected chi connectivity index (χ2v) is 9.77. The first kappa shape index (κ1) is 25.7. The number of allylic oxidation sites excluding steroid dienone is 3. The van der Waals surface area contributed by atoms with E-state index in [1.807, 2.05) is 36.4 Å². The topological polar surface area (TPSA) is 118 Å². The molecule has 0 unspecified atom stereocenters. The summed E-state index contributed by atoms with van der Waals surface area (Å²) in [5.74, 6) is 1.05. The maximum Gasteiger partial charge on any atom is 0.180 e. The monoisotopic (exact) mass is 516 g/mol. The summed E-state index contributed by atoms with van der Waals surface area (Å²) in [7, 11) is 0. The number of nitrogens with zero attached hydrogens (tertiary/aromatic N) is 2. The van der Waals surface area contributed by atoms with E-state index in [9.17, 15) is 9.18 Å².